The zero-order valence-corrected chi connectivity index (χ0v) is 19.1. The maximum Gasteiger partial charge on any atom is 0.324 e. The highest BCUT2D eigenvalue weighted by atomic mass is 32.2. The molecule has 2 aliphatic rings. The van der Waals surface area contributed by atoms with Gasteiger partial charge in [-0.3, -0.25) is 9.59 Å². The molecule has 4 rings (SSSR count). The van der Waals surface area contributed by atoms with E-state index in [2.05, 4.69) is 9.71 Å². The molecule has 0 aliphatic heterocycles. The van der Waals surface area contributed by atoms with Crippen molar-refractivity contribution < 1.29 is 22.7 Å². The summed E-state index contributed by atoms with van der Waals surface area (Å²) in [6.07, 6.45) is 3.84. The SMILES string of the molecule is CCOC(=O)[C@H](Cc1c[nH]c2ccccc12)NS(=O)(=O)C[C@]12CC[C@@H](CC1=O)C2(C)C. The molecule has 7 nitrogen and oxygen atoms in total. The van der Waals surface area contributed by atoms with E-state index in [1.165, 1.54) is 0 Å². The lowest BCUT2D eigenvalue weighted by Gasteiger charge is -2.36. The van der Waals surface area contributed by atoms with E-state index in [9.17, 15) is 18.0 Å². The third kappa shape index (κ3) is 3.69. The first-order valence-corrected chi connectivity index (χ1v) is 12.5. The number of hydrogen-bond acceptors (Lipinski definition) is 5. The Morgan fingerprint density at radius 1 is 1.32 bits per heavy atom. The van der Waals surface area contributed by atoms with Crippen LogP contribution in [0.1, 0.15) is 45.6 Å². The van der Waals surface area contributed by atoms with Gasteiger partial charge in [-0.25, -0.2) is 13.1 Å². The molecule has 2 aliphatic carbocycles. The van der Waals surface area contributed by atoms with E-state index in [1.807, 2.05) is 38.1 Å². The van der Waals surface area contributed by atoms with Crippen molar-refractivity contribution in [3.63, 3.8) is 0 Å². The number of rotatable bonds is 8. The first kappa shape index (κ1) is 22.0. The second-order valence-corrected chi connectivity index (χ2v) is 11.2. The highest BCUT2D eigenvalue weighted by molar-refractivity contribution is 7.89. The van der Waals surface area contributed by atoms with Gasteiger partial charge in [0.05, 0.1) is 12.4 Å². The number of aromatic amines is 1. The molecular weight excluding hydrogens is 416 g/mol. The number of Topliss-reactive ketones (excluding diaryl/α,β-unsaturated/α-hetero) is 1. The third-order valence-electron chi connectivity index (χ3n) is 7.57. The molecule has 3 atom stereocenters. The maximum atomic E-state index is 13.2. The largest absolute Gasteiger partial charge is 0.465 e. The molecule has 1 heterocycles. The Hall–Kier alpha value is -2.19. The first-order chi connectivity index (χ1) is 14.6. The molecule has 2 saturated carbocycles. The lowest BCUT2D eigenvalue weighted by molar-refractivity contribution is -0.145. The van der Waals surface area contributed by atoms with Crippen LogP contribution >= 0.6 is 0 Å². The number of hydrogen-bond donors (Lipinski definition) is 2. The van der Waals surface area contributed by atoms with Crippen LogP contribution in [0.5, 0.6) is 0 Å². The van der Waals surface area contributed by atoms with Crippen molar-refractivity contribution in [2.24, 2.45) is 16.7 Å². The molecule has 1 aromatic heterocycles. The predicted octanol–water partition coefficient (Wildman–Crippen LogP) is 2.96. The number of fused-ring (bicyclic) bond motifs is 3. The summed E-state index contributed by atoms with van der Waals surface area (Å²) < 4.78 is 34.2. The van der Waals surface area contributed by atoms with E-state index in [0.717, 1.165) is 22.9 Å². The lowest BCUT2D eigenvalue weighted by atomic mass is 9.70. The highest BCUT2D eigenvalue weighted by Gasteiger charge is 2.65. The maximum absolute atomic E-state index is 13.2. The van der Waals surface area contributed by atoms with Gasteiger partial charge in [-0.05, 0) is 42.7 Å². The number of sulfonamides is 1. The van der Waals surface area contributed by atoms with Crippen LogP contribution in [-0.2, 0) is 30.8 Å². The Bertz CT molecular complexity index is 1120. The lowest BCUT2D eigenvalue weighted by Crippen LogP contribution is -2.50. The minimum absolute atomic E-state index is 0.0310. The molecule has 2 N–H and O–H groups in total. The zero-order chi connectivity index (χ0) is 22.4. The van der Waals surface area contributed by atoms with Gasteiger partial charge in [0.2, 0.25) is 10.0 Å². The Kier molecular flexibility index (Phi) is 5.50. The number of para-hydroxylation sites is 1. The second-order valence-electron chi connectivity index (χ2n) is 9.41. The summed E-state index contributed by atoms with van der Waals surface area (Å²) in [6.45, 7) is 5.84. The van der Waals surface area contributed by atoms with Crippen LogP contribution in [0.25, 0.3) is 10.9 Å². The number of ketones is 1. The van der Waals surface area contributed by atoms with Crippen LogP contribution < -0.4 is 4.72 Å². The highest BCUT2D eigenvalue weighted by Crippen LogP contribution is 2.64. The molecule has 168 valence electrons. The van der Waals surface area contributed by atoms with Gasteiger partial charge >= 0.3 is 5.97 Å². The molecule has 0 radical (unpaired) electrons. The van der Waals surface area contributed by atoms with E-state index in [0.29, 0.717) is 12.8 Å². The number of carbonyl (C=O) groups is 2. The van der Waals surface area contributed by atoms with Gasteiger partial charge in [0.1, 0.15) is 11.8 Å². The average molecular weight is 447 g/mol. The van der Waals surface area contributed by atoms with Gasteiger partial charge in [-0.1, -0.05) is 32.0 Å². The minimum Gasteiger partial charge on any atom is -0.465 e. The van der Waals surface area contributed by atoms with Crippen LogP contribution in [0.4, 0.5) is 0 Å². The number of esters is 1. The monoisotopic (exact) mass is 446 g/mol. The smallest absolute Gasteiger partial charge is 0.324 e. The molecule has 8 heteroatoms. The van der Waals surface area contributed by atoms with Crippen molar-refractivity contribution in [1.29, 1.82) is 0 Å². The quantitative estimate of drug-likeness (QED) is 0.607. The molecule has 31 heavy (non-hydrogen) atoms. The fraction of sp³-hybridized carbons (Fsp3) is 0.565. The Balaban J connectivity index is 1.59. The van der Waals surface area contributed by atoms with Gasteiger partial charge in [0.25, 0.3) is 0 Å². The second kappa shape index (κ2) is 7.74. The van der Waals surface area contributed by atoms with Crippen molar-refractivity contribution in [2.75, 3.05) is 12.4 Å². The Morgan fingerprint density at radius 2 is 2.06 bits per heavy atom. The summed E-state index contributed by atoms with van der Waals surface area (Å²) >= 11 is 0. The predicted molar refractivity (Wildman–Crippen MR) is 118 cm³/mol. The number of carbonyl (C=O) groups excluding carboxylic acids is 2. The van der Waals surface area contributed by atoms with E-state index in [-0.39, 0.29) is 35.9 Å². The number of nitrogens with one attached hydrogen (secondary N) is 2. The zero-order valence-electron chi connectivity index (χ0n) is 18.2. The van der Waals surface area contributed by atoms with Gasteiger partial charge in [0.15, 0.2) is 0 Å². The fourth-order valence-electron chi connectivity index (χ4n) is 5.63. The summed E-state index contributed by atoms with van der Waals surface area (Å²) in [5, 5.41) is 0.931. The van der Waals surface area contributed by atoms with E-state index < -0.39 is 27.4 Å². The normalized spacial score (nSPS) is 25.8. The van der Waals surface area contributed by atoms with Gasteiger partial charge < -0.3 is 9.72 Å². The van der Waals surface area contributed by atoms with Crippen molar-refractivity contribution in [1.82, 2.24) is 9.71 Å². The van der Waals surface area contributed by atoms with Crippen molar-refractivity contribution in [3.8, 4) is 0 Å². The topological polar surface area (TPSA) is 105 Å². The van der Waals surface area contributed by atoms with E-state index >= 15 is 0 Å². The first-order valence-electron chi connectivity index (χ1n) is 10.8. The van der Waals surface area contributed by atoms with E-state index in [1.54, 1.807) is 13.1 Å². The van der Waals surface area contributed by atoms with E-state index in [4.69, 9.17) is 4.74 Å². The number of aromatic nitrogens is 1. The molecule has 1 aromatic carbocycles. The van der Waals surface area contributed by atoms with Crippen molar-refractivity contribution >= 4 is 32.7 Å². The van der Waals surface area contributed by atoms with Crippen molar-refractivity contribution in [3.05, 3.63) is 36.0 Å². The fourth-order valence-corrected chi connectivity index (χ4v) is 7.65. The third-order valence-corrected chi connectivity index (χ3v) is 9.08. The summed E-state index contributed by atoms with van der Waals surface area (Å²) in [6, 6.07) is 6.59. The molecule has 0 amide bonds. The standard InChI is InChI=1S/C23H30N2O5S/c1-4-30-21(27)19(11-15-13-24-18-8-6-5-7-17(15)18)25-31(28,29)14-23-10-9-16(12-20(23)26)22(23,2)3/h5-8,13,16,19,24-25H,4,9-12,14H2,1-3H3/t16-,19-,23+/m0/s1. The molecule has 2 aromatic rings. The average Bonchev–Trinajstić information content (AvgIpc) is 3.27. The summed E-state index contributed by atoms with van der Waals surface area (Å²) in [5.41, 5.74) is 0.489. The van der Waals surface area contributed by atoms with Gasteiger partial charge in [-0.2, -0.15) is 0 Å². The van der Waals surface area contributed by atoms with Crippen LogP contribution in [0.15, 0.2) is 30.5 Å². The van der Waals surface area contributed by atoms with Crippen LogP contribution in [0.3, 0.4) is 0 Å². The Morgan fingerprint density at radius 3 is 2.71 bits per heavy atom. The number of ether oxygens (including phenoxy) is 1. The molecule has 0 saturated heterocycles. The van der Waals surface area contributed by atoms with Gasteiger partial charge in [-0.15, -0.1) is 0 Å². The van der Waals surface area contributed by atoms with Gasteiger partial charge in [0, 0.05) is 35.4 Å². The summed E-state index contributed by atoms with van der Waals surface area (Å²) in [4.78, 5) is 28.6. The number of H-pyrrole nitrogens is 1. The van der Waals surface area contributed by atoms with Crippen LogP contribution in [0.2, 0.25) is 0 Å². The molecule has 2 bridgehead atoms. The van der Waals surface area contributed by atoms with Crippen molar-refractivity contribution in [2.45, 2.75) is 52.5 Å². The molecule has 0 unspecified atom stereocenters. The molecule has 0 spiro atoms. The van der Waals surface area contributed by atoms with Crippen LogP contribution in [-0.4, -0.2) is 43.6 Å². The Labute approximate surface area is 183 Å². The summed E-state index contributed by atoms with van der Waals surface area (Å²) in [7, 11) is -3.91. The minimum atomic E-state index is -3.91. The summed E-state index contributed by atoms with van der Waals surface area (Å²) in [5.74, 6) is -0.646. The molecule has 2 fully saturated rings. The number of benzene rings is 1. The molecular formula is C23H30N2O5S. The van der Waals surface area contributed by atoms with Crippen LogP contribution in [0, 0.1) is 16.7 Å².